The summed E-state index contributed by atoms with van der Waals surface area (Å²) in [5.74, 6) is 0.754. The molecule has 3 nitrogen and oxygen atoms in total. The maximum Gasteiger partial charge on any atom is 0.220 e. The average molecular weight is 291 g/mol. The average Bonchev–Trinajstić information content (AvgIpc) is 2.71. The monoisotopic (exact) mass is 290 g/mol. The number of nitrogens with one attached hydrogen (secondary N) is 1. The molecule has 4 heteroatoms. The summed E-state index contributed by atoms with van der Waals surface area (Å²) in [6, 6.07) is 0.502. The number of hydrogen-bond acceptors (Lipinski definition) is 2. The third-order valence-corrected chi connectivity index (χ3v) is 3.61. The highest BCUT2D eigenvalue weighted by atomic mass is 79.9. The van der Waals surface area contributed by atoms with Gasteiger partial charge < -0.3 is 5.32 Å². The highest BCUT2D eigenvalue weighted by Crippen LogP contribution is 2.17. The molecule has 1 atom stereocenters. The van der Waals surface area contributed by atoms with E-state index in [1.165, 1.54) is 25.9 Å². The predicted octanol–water partition coefficient (Wildman–Crippen LogP) is 2.01. The van der Waals surface area contributed by atoms with Gasteiger partial charge in [-0.25, -0.2) is 0 Å². The molecular weight excluding hydrogens is 268 g/mol. The number of amides is 1. The smallest absolute Gasteiger partial charge is 0.220 e. The molecule has 1 saturated heterocycles. The fourth-order valence-electron chi connectivity index (χ4n) is 2.25. The van der Waals surface area contributed by atoms with Gasteiger partial charge >= 0.3 is 0 Å². The van der Waals surface area contributed by atoms with Crippen molar-refractivity contribution in [2.75, 3.05) is 25.0 Å². The minimum atomic E-state index is 0.154. The number of hydrogen-bond donors (Lipinski definition) is 1. The van der Waals surface area contributed by atoms with Crippen molar-refractivity contribution in [2.45, 2.75) is 39.2 Å². The summed E-state index contributed by atoms with van der Waals surface area (Å²) in [5, 5.41) is 3.78. The molecule has 1 unspecified atom stereocenters. The van der Waals surface area contributed by atoms with E-state index < -0.39 is 0 Å². The van der Waals surface area contributed by atoms with Gasteiger partial charge in [-0.3, -0.25) is 9.69 Å². The third-order valence-electron chi connectivity index (χ3n) is 3.21. The van der Waals surface area contributed by atoms with E-state index in [9.17, 15) is 4.79 Å². The Morgan fingerprint density at radius 1 is 1.38 bits per heavy atom. The number of carbonyl (C=O) groups excluding carboxylic acids is 1. The van der Waals surface area contributed by atoms with Gasteiger partial charge in [0.1, 0.15) is 0 Å². The van der Waals surface area contributed by atoms with Gasteiger partial charge in [-0.15, -0.1) is 0 Å². The fraction of sp³-hybridized carbons (Fsp3) is 0.917. The standard InChI is InChI=1S/C12H23BrN2O/c1-10(2)11(15-7-3-4-8-15)9-14-12(16)5-6-13/h10-11H,3-9H2,1-2H3,(H,14,16). The molecule has 0 aromatic carbocycles. The van der Waals surface area contributed by atoms with Crippen molar-refractivity contribution >= 4 is 21.8 Å². The molecule has 0 radical (unpaired) electrons. The minimum Gasteiger partial charge on any atom is -0.354 e. The molecule has 1 heterocycles. The molecule has 1 aliphatic rings. The quantitative estimate of drug-likeness (QED) is 0.759. The first-order valence-electron chi connectivity index (χ1n) is 6.22. The van der Waals surface area contributed by atoms with Crippen LogP contribution in [0.2, 0.25) is 0 Å². The van der Waals surface area contributed by atoms with Gasteiger partial charge in [-0.05, 0) is 31.8 Å². The zero-order valence-corrected chi connectivity index (χ0v) is 11.9. The lowest BCUT2D eigenvalue weighted by molar-refractivity contribution is -0.120. The van der Waals surface area contributed by atoms with Crippen molar-refractivity contribution in [2.24, 2.45) is 5.92 Å². The summed E-state index contributed by atoms with van der Waals surface area (Å²) in [4.78, 5) is 13.9. The molecule has 1 fully saturated rings. The summed E-state index contributed by atoms with van der Waals surface area (Å²) < 4.78 is 0. The van der Waals surface area contributed by atoms with Crippen LogP contribution in [0.5, 0.6) is 0 Å². The molecule has 0 spiro atoms. The van der Waals surface area contributed by atoms with Crippen molar-refractivity contribution in [1.29, 1.82) is 0 Å². The van der Waals surface area contributed by atoms with Crippen LogP contribution in [-0.2, 0) is 4.79 Å². The highest BCUT2D eigenvalue weighted by Gasteiger charge is 2.24. The maximum absolute atomic E-state index is 11.4. The van der Waals surface area contributed by atoms with Crippen LogP contribution in [0, 0.1) is 5.92 Å². The van der Waals surface area contributed by atoms with Crippen LogP contribution >= 0.6 is 15.9 Å². The van der Waals surface area contributed by atoms with Crippen molar-refractivity contribution in [3.63, 3.8) is 0 Å². The normalized spacial score (nSPS) is 19.0. The Morgan fingerprint density at radius 3 is 2.50 bits per heavy atom. The lowest BCUT2D eigenvalue weighted by Gasteiger charge is -2.30. The Hall–Kier alpha value is -0.0900. The summed E-state index contributed by atoms with van der Waals surface area (Å²) in [7, 11) is 0. The largest absolute Gasteiger partial charge is 0.354 e. The van der Waals surface area contributed by atoms with Crippen LogP contribution in [0.3, 0.4) is 0 Å². The predicted molar refractivity (Wildman–Crippen MR) is 70.9 cm³/mol. The second-order valence-electron chi connectivity index (χ2n) is 4.80. The van der Waals surface area contributed by atoms with E-state index in [1.807, 2.05) is 0 Å². The van der Waals surface area contributed by atoms with E-state index in [0.717, 1.165) is 11.9 Å². The molecule has 1 N–H and O–H groups in total. The van der Waals surface area contributed by atoms with Crippen LogP contribution in [0.1, 0.15) is 33.1 Å². The Kier molecular flexibility index (Phi) is 6.36. The van der Waals surface area contributed by atoms with Crippen LogP contribution in [0.15, 0.2) is 0 Å². The number of nitrogens with zero attached hydrogens (tertiary/aromatic N) is 1. The van der Waals surface area contributed by atoms with E-state index in [1.54, 1.807) is 0 Å². The van der Waals surface area contributed by atoms with Crippen molar-refractivity contribution in [3.05, 3.63) is 0 Å². The van der Waals surface area contributed by atoms with E-state index in [2.05, 4.69) is 40.0 Å². The lowest BCUT2D eigenvalue weighted by atomic mass is 10.0. The number of carbonyl (C=O) groups is 1. The molecule has 0 aromatic heterocycles. The van der Waals surface area contributed by atoms with Gasteiger partial charge in [0.05, 0.1) is 0 Å². The van der Waals surface area contributed by atoms with Gasteiger partial charge in [0.2, 0.25) is 5.91 Å². The molecule has 1 aliphatic heterocycles. The summed E-state index contributed by atoms with van der Waals surface area (Å²) in [6.45, 7) is 7.65. The number of alkyl halides is 1. The van der Waals surface area contributed by atoms with Crippen LogP contribution < -0.4 is 5.32 Å². The molecule has 0 bridgehead atoms. The van der Waals surface area contributed by atoms with Gasteiger partial charge in [-0.1, -0.05) is 29.8 Å². The van der Waals surface area contributed by atoms with Crippen LogP contribution in [0.4, 0.5) is 0 Å². The second kappa shape index (κ2) is 7.28. The highest BCUT2D eigenvalue weighted by molar-refractivity contribution is 9.09. The maximum atomic E-state index is 11.4. The van der Waals surface area contributed by atoms with Gasteiger partial charge in [0.25, 0.3) is 0 Å². The molecule has 0 aromatic rings. The van der Waals surface area contributed by atoms with Crippen molar-refractivity contribution in [1.82, 2.24) is 10.2 Å². The first-order valence-corrected chi connectivity index (χ1v) is 7.34. The second-order valence-corrected chi connectivity index (χ2v) is 5.59. The molecular formula is C12H23BrN2O. The summed E-state index contributed by atoms with van der Waals surface area (Å²) in [5.41, 5.74) is 0. The fourth-order valence-corrected chi connectivity index (χ4v) is 2.61. The molecule has 1 rings (SSSR count). The molecule has 0 aliphatic carbocycles. The van der Waals surface area contributed by atoms with E-state index in [4.69, 9.17) is 0 Å². The summed E-state index contributed by atoms with van der Waals surface area (Å²) >= 11 is 3.28. The zero-order valence-electron chi connectivity index (χ0n) is 10.3. The Balaban J connectivity index is 2.36. The number of likely N-dealkylation sites (tertiary alicyclic amines) is 1. The van der Waals surface area contributed by atoms with Crippen molar-refractivity contribution in [3.8, 4) is 0 Å². The zero-order chi connectivity index (χ0) is 12.0. The van der Waals surface area contributed by atoms with Crippen LogP contribution in [-0.4, -0.2) is 41.8 Å². The minimum absolute atomic E-state index is 0.154. The van der Waals surface area contributed by atoms with Crippen LogP contribution in [0.25, 0.3) is 0 Å². The summed E-state index contributed by atoms with van der Waals surface area (Å²) in [6.07, 6.45) is 3.18. The lowest BCUT2D eigenvalue weighted by Crippen LogP contribution is -2.45. The SMILES string of the molecule is CC(C)C(CNC(=O)CCBr)N1CCCC1. The Labute approximate surface area is 107 Å². The molecule has 16 heavy (non-hydrogen) atoms. The number of rotatable bonds is 6. The van der Waals surface area contributed by atoms with E-state index >= 15 is 0 Å². The molecule has 0 saturated carbocycles. The topological polar surface area (TPSA) is 32.3 Å². The third kappa shape index (κ3) is 4.42. The Bertz CT molecular complexity index is 215. The van der Waals surface area contributed by atoms with Gasteiger partial charge in [0, 0.05) is 24.3 Å². The first-order chi connectivity index (χ1) is 7.65. The Morgan fingerprint density at radius 2 is 2.00 bits per heavy atom. The number of halogens is 1. The van der Waals surface area contributed by atoms with Gasteiger partial charge in [-0.2, -0.15) is 0 Å². The van der Waals surface area contributed by atoms with E-state index in [-0.39, 0.29) is 5.91 Å². The van der Waals surface area contributed by atoms with Gasteiger partial charge in [0.15, 0.2) is 0 Å². The molecule has 1 amide bonds. The van der Waals surface area contributed by atoms with Crippen molar-refractivity contribution < 1.29 is 4.79 Å². The first kappa shape index (κ1) is 14.0. The van der Waals surface area contributed by atoms with E-state index in [0.29, 0.717) is 18.4 Å². The molecule has 94 valence electrons.